The molecule has 2 fully saturated rings. The summed E-state index contributed by atoms with van der Waals surface area (Å²) in [7, 11) is 0. The van der Waals surface area contributed by atoms with Crippen LogP contribution in [0, 0.1) is 11.6 Å². The zero-order valence-corrected chi connectivity index (χ0v) is 24.0. The molecule has 0 saturated carbocycles. The van der Waals surface area contributed by atoms with Gasteiger partial charge in [-0.1, -0.05) is 19.4 Å². The quantitative estimate of drug-likeness (QED) is 0.226. The van der Waals surface area contributed by atoms with Crippen LogP contribution in [0.3, 0.4) is 0 Å². The fourth-order valence-electron chi connectivity index (χ4n) is 5.61. The molecule has 15 heteroatoms. The summed E-state index contributed by atoms with van der Waals surface area (Å²) in [6, 6.07) is 3.05. The molecule has 2 amide bonds. The zero-order chi connectivity index (χ0) is 31.4. The summed E-state index contributed by atoms with van der Waals surface area (Å²) in [5, 5.41) is 2.44. The van der Waals surface area contributed by atoms with Crippen molar-refractivity contribution in [2.75, 3.05) is 33.1 Å². The van der Waals surface area contributed by atoms with Crippen LogP contribution in [0.15, 0.2) is 29.2 Å². The minimum absolute atomic E-state index is 0.00714. The van der Waals surface area contributed by atoms with Crippen LogP contribution in [0.5, 0.6) is 5.75 Å². The number of unbranched alkanes of at least 4 members (excludes halogenated alkanes) is 1. The fourth-order valence-corrected chi connectivity index (χ4v) is 5.61. The van der Waals surface area contributed by atoms with E-state index in [4.69, 9.17) is 18.9 Å². The van der Waals surface area contributed by atoms with Gasteiger partial charge in [-0.05, 0) is 25.3 Å². The van der Waals surface area contributed by atoms with Crippen molar-refractivity contribution in [2.45, 2.75) is 57.9 Å². The minimum Gasteiger partial charge on any atom is -0.463 e. The Bertz CT molecular complexity index is 1510. The van der Waals surface area contributed by atoms with Gasteiger partial charge in [0.1, 0.15) is 23.4 Å². The molecule has 0 radical (unpaired) electrons. The van der Waals surface area contributed by atoms with E-state index in [9.17, 15) is 32.8 Å². The maximum atomic E-state index is 14.1. The van der Waals surface area contributed by atoms with Crippen LogP contribution in [-0.2, 0) is 32.1 Å². The van der Waals surface area contributed by atoms with E-state index in [1.165, 1.54) is 16.8 Å². The van der Waals surface area contributed by atoms with Crippen LogP contribution < -0.4 is 15.5 Å². The molecule has 236 valence electrons. The first-order valence-corrected chi connectivity index (χ1v) is 14.3. The number of hydrogen-bond donors (Lipinski definition) is 1. The SMILES string of the molecule is CCCCOC(=O)COC(=O)OCOc1c2n(cc(C(=O)NCc3ccc(F)cc3F)c1=O)C[C@@H]1N(CC3CCCN31)C2=O. The Hall–Kier alpha value is -4.53. The van der Waals surface area contributed by atoms with Crippen molar-refractivity contribution >= 4 is 23.9 Å². The van der Waals surface area contributed by atoms with E-state index >= 15 is 0 Å². The molecule has 1 unspecified atom stereocenters. The van der Waals surface area contributed by atoms with Crippen LogP contribution in [-0.4, -0.2) is 83.6 Å². The molecule has 13 nitrogen and oxygen atoms in total. The Morgan fingerprint density at radius 2 is 1.91 bits per heavy atom. The average Bonchev–Trinajstić information content (AvgIpc) is 3.59. The van der Waals surface area contributed by atoms with Gasteiger partial charge in [0.15, 0.2) is 12.3 Å². The molecule has 4 heterocycles. The molecule has 3 aliphatic rings. The molecule has 5 rings (SSSR count). The number of rotatable bonds is 11. The largest absolute Gasteiger partial charge is 0.511 e. The highest BCUT2D eigenvalue weighted by Crippen LogP contribution is 2.35. The smallest absolute Gasteiger partial charge is 0.463 e. The first-order chi connectivity index (χ1) is 21.2. The van der Waals surface area contributed by atoms with Gasteiger partial charge in [0.05, 0.1) is 13.2 Å². The lowest BCUT2D eigenvalue weighted by Gasteiger charge is -2.36. The molecule has 2 aromatic rings. The lowest BCUT2D eigenvalue weighted by atomic mass is 10.1. The zero-order valence-electron chi connectivity index (χ0n) is 24.0. The van der Waals surface area contributed by atoms with Crippen LogP contribution in [0.1, 0.15) is 59.0 Å². The van der Waals surface area contributed by atoms with Crippen molar-refractivity contribution in [1.82, 2.24) is 19.7 Å². The standard InChI is InChI=1S/C29H32F2N4O9/c1-2-3-9-41-23(36)15-42-29(40)44-16-43-26-24-28(39)35-12-19-5-4-8-34(19)22(35)14-33(24)13-20(25(26)37)27(38)32-11-17-6-7-18(30)10-21(17)31/h6-7,10,13,19,22H,2-5,8-9,11-12,14-16H2,1H3,(H,32,38)/t19?,22-/m0/s1. The third-order valence-corrected chi connectivity index (χ3v) is 7.78. The van der Waals surface area contributed by atoms with Gasteiger partial charge in [0, 0.05) is 43.5 Å². The molecule has 0 bridgehead atoms. The maximum Gasteiger partial charge on any atom is 0.511 e. The van der Waals surface area contributed by atoms with Gasteiger partial charge in [0.25, 0.3) is 11.8 Å². The second-order valence-electron chi connectivity index (χ2n) is 10.6. The lowest BCUT2D eigenvalue weighted by Crippen LogP contribution is -2.50. The molecular weight excluding hydrogens is 586 g/mol. The van der Waals surface area contributed by atoms with Gasteiger partial charge in [-0.15, -0.1) is 0 Å². The predicted molar refractivity (Wildman–Crippen MR) is 147 cm³/mol. The first kappa shape index (κ1) is 30.9. The minimum atomic E-state index is -1.28. The van der Waals surface area contributed by atoms with Crippen molar-refractivity contribution in [1.29, 1.82) is 0 Å². The van der Waals surface area contributed by atoms with Crippen LogP contribution in [0.4, 0.5) is 13.6 Å². The molecule has 2 saturated heterocycles. The van der Waals surface area contributed by atoms with E-state index in [0.717, 1.165) is 31.9 Å². The number of ether oxygens (including phenoxy) is 4. The number of nitrogens with zero attached hydrogens (tertiary/aromatic N) is 3. The molecule has 0 spiro atoms. The van der Waals surface area contributed by atoms with E-state index in [1.54, 1.807) is 4.90 Å². The number of nitrogens with one attached hydrogen (secondary N) is 1. The number of esters is 1. The van der Waals surface area contributed by atoms with Gasteiger partial charge >= 0.3 is 12.1 Å². The number of hydrogen-bond acceptors (Lipinski definition) is 10. The summed E-state index contributed by atoms with van der Waals surface area (Å²) in [6.07, 6.45) is 3.06. The molecule has 0 aliphatic carbocycles. The Labute approximate surface area is 250 Å². The number of pyridine rings is 1. The van der Waals surface area contributed by atoms with Gasteiger partial charge in [0.2, 0.25) is 18.0 Å². The summed E-state index contributed by atoms with van der Waals surface area (Å²) in [5.41, 5.74) is -1.49. The van der Waals surface area contributed by atoms with Gasteiger partial charge in [-0.2, -0.15) is 0 Å². The second-order valence-corrected chi connectivity index (χ2v) is 10.6. The number of carbonyl (C=O) groups is 4. The Morgan fingerprint density at radius 3 is 2.68 bits per heavy atom. The average molecular weight is 619 g/mol. The highest BCUT2D eigenvalue weighted by atomic mass is 19.1. The number of aromatic nitrogens is 1. The van der Waals surface area contributed by atoms with Gasteiger partial charge < -0.3 is 33.7 Å². The topological polar surface area (TPSA) is 146 Å². The molecule has 44 heavy (non-hydrogen) atoms. The highest BCUT2D eigenvalue weighted by molar-refractivity contribution is 5.99. The normalized spacial score (nSPS) is 18.7. The highest BCUT2D eigenvalue weighted by Gasteiger charge is 2.48. The Balaban J connectivity index is 1.34. The van der Waals surface area contributed by atoms with Crippen LogP contribution in [0.2, 0.25) is 0 Å². The predicted octanol–water partition coefficient (Wildman–Crippen LogP) is 2.15. The Kier molecular flexibility index (Phi) is 9.42. The number of benzene rings is 1. The number of amides is 2. The first-order valence-electron chi connectivity index (χ1n) is 14.3. The van der Waals surface area contributed by atoms with Crippen molar-refractivity contribution in [3.8, 4) is 5.75 Å². The van der Waals surface area contributed by atoms with Crippen molar-refractivity contribution in [3.63, 3.8) is 0 Å². The number of carbonyl (C=O) groups excluding carboxylic acids is 4. The third kappa shape index (κ3) is 6.51. The van der Waals surface area contributed by atoms with Crippen molar-refractivity contribution in [3.05, 3.63) is 63.1 Å². The summed E-state index contributed by atoms with van der Waals surface area (Å²) >= 11 is 0. The molecule has 1 aromatic carbocycles. The molecular formula is C29H32F2N4O9. The molecule has 2 atom stereocenters. The monoisotopic (exact) mass is 618 g/mol. The Morgan fingerprint density at radius 1 is 1.09 bits per heavy atom. The van der Waals surface area contributed by atoms with E-state index in [1.807, 2.05) is 6.92 Å². The summed E-state index contributed by atoms with van der Waals surface area (Å²) in [5.74, 6) is -4.32. The summed E-state index contributed by atoms with van der Waals surface area (Å²) < 4.78 is 48.7. The van der Waals surface area contributed by atoms with E-state index in [-0.39, 0.29) is 43.2 Å². The van der Waals surface area contributed by atoms with Gasteiger partial charge in [-0.25, -0.2) is 18.4 Å². The van der Waals surface area contributed by atoms with Crippen LogP contribution in [0.25, 0.3) is 0 Å². The summed E-state index contributed by atoms with van der Waals surface area (Å²) in [4.78, 5) is 67.8. The molecule has 1 N–H and O–H groups in total. The number of halogens is 2. The summed E-state index contributed by atoms with van der Waals surface area (Å²) in [6.45, 7) is 1.70. The fraction of sp³-hybridized carbons (Fsp3) is 0.483. The van der Waals surface area contributed by atoms with E-state index < -0.39 is 65.7 Å². The maximum absolute atomic E-state index is 14.1. The van der Waals surface area contributed by atoms with E-state index in [2.05, 4.69) is 10.2 Å². The molecule has 3 aliphatic heterocycles. The molecule has 1 aromatic heterocycles. The van der Waals surface area contributed by atoms with Crippen molar-refractivity contribution < 1.29 is 46.9 Å². The third-order valence-electron chi connectivity index (χ3n) is 7.78. The van der Waals surface area contributed by atoms with Crippen molar-refractivity contribution in [2.24, 2.45) is 0 Å². The lowest BCUT2D eigenvalue weighted by molar-refractivity contribution is -0.148. The second kappa shape index (κ2) is 13.4. The van der Waals surface area contributed by atoms with E-state index in [0.29, 0.717) is 19.0 Å². The number of fused-ring (bicyclic) bond motifs is 4. The van der Waals surface area contributed by atoms with Crippen LogP contribution >= 0.6 is 0 Å². The van der Waals surface area contributed by atoms with Gasteiger partial charge in [-0.3, -0.25) is 19.3 Å².